The van der Waals surface area contributed by atoms with E-state index in [2.05, 4.69) is 15.6 Å². The summed E-state index contributed by atoms with van der Waals surface area (Å²) >= 11 is 0. The smallest absolute Gasteiger partial charge is 0.244 e. The Labute approximate surface area is 144 Å². The Morgan fingerprint density at radius 3 is 2.72 bits per heavy atom. The second kappa shape index (κ2) is 6.16. The minimum atomic E-state index is -1.26. The number of carbonyl (C=O) groups excluding carboxylic acids is 3. The summed E-state index contributed by atoms with van der Waals surface area (Å²) in [6.45, 7) is 0. The van der Waals surface area contributed by atoms with Crippen molar-refractivity contribution in [2.24, 2.45) is 11.8 Å². The summed E-state index contributed by atoms with van der Waals surface area (Å²) < 4.78 is 1.84. The number of piperidine rings is 1. The number of anilines is 1. The topological polar surface area (TPSA) is 93.1 Å². The van der Waals surface area contributed by atoms with Crippen LogP contribution in [-0.2, 0) is 14.4 Å². The van der Waals surface area contributed by atoms with Gasteiger partial charge in [0.1, 0.15) is 0 Å². The van der Waals surface area contributed by atoms with E-state index >= 15 is 0 Å². The fourth-order valence-electron chi connectivity index (χ4n) is 3.67. The van der Waals surface area contributed by atoms with Gasteiger partial charge in [-0.3, -0.25) is 14.4 Å². The van der Waals surface area contributed by atoms with E-state index < -0.39 is 17.7 Å². The first-order chi connectivity index (χ1) is 12.1. The van der Waals surface area contributed by atoms with Crippen molar-refractivity contribution in [2.45, 2.75) is 25.3 Å². The van der Waals surface area contributed by atoms with E-state index in [-0.39, 0.29) is 17.7 Å². The summed E-state index contributed by atoms with van der Waals surface area (Å²) in [6, 6.07) is 7.02. The Bertz CT molecular complexity index is 813. The molecule has 25 heavy (non-hydrogen) atoms. The number of hydrogen-bond acceptors (Lipinski definition) is 4. The molecule has 4 rings (SSSR count). The van der Waals surface area contributed by atoms with Crippen LogP contribution < -0.4 is 10.6 Å². The third-order valence-electron chi connectivity index (χ3n) is 4.96. The first-order valence-electron chi connectivity index (χ1n) is 8.37. The molecule has 128 valence electrons. The molecule has 2 amide bonds. The van der Waals surface area contributed by atoms with Gasteiger partial charge in [0.25, 0.3) is 0 Å². The number of rotatable bonds is 3. The van der Waals surface area contributed by atoms with Crippen molar-refractivity contribution in [3.63, 3.8) is 0 Å². The second-order valence-electron chi connectivity index (χ2n) is 6.49. The Hall–Kier alpha value is -2.96. The van der Waals surface area contributed by atoms with Crippen LogP contribution in [0.4, 0.5) is 5.69 Å². The van der Waals surface area contributed by atoms with E-state index in [0.717, 1.165) is 24.9 Å². The average molecular weight is 338 g/mol. The van der Waals surface area contributed by atoms with Gasteiger partial charge in [0.2, 0.25) is 11.8 Å². The quantitative estimate of drug-likeness (QED) is 0.825. The number of carbonyl (C=O) groups is 3. The van der Waals surface area contributed by atoms with Gasteiger partial charge in [0.15, 0.2) is 11.7 Å². The summed E-state index contributed by atoms with van der Waals surface area (Å²) in [5, 5.41) is 5.50. The minimum Gasteiger partial charge on any atom is -0.352 e. The van der Waals surface area contributed by atoms with Crippen molar-refractivity contribution >= 4 is 23.3 Å². The number of benzene rings is 1. The van der Waals surface area contributed by atoms with Gasteiger partial charge in [-0.05, 0) is 37.1 Å². The molecule has 1 aliphatic heterocycles. The van der Waals surface area contributed by atoms with Crippen LogP contribution in [0.3, 0.4) is 0 Å². The molecule has 2 aromatic rings. The molecule has 2 heterocycles. The molecule has 1 unspecified atom stereocenters. The summed E-state index contributed by atoms with van der Waals surface area (Å²) in [4.78, 5) is 41.2. The van der Waals surface area contributed by atoms with E-state index in [0.29, 0.717) is 5.69 Å². The molecular formula is C18H18N4O3. The Balaban J connectivity index is 1.48. The van der Waals surface area contributed by atoms with E-state index in [1.165, 1.54) is 0 Å². The zero-order valence-electron chi connectivity index (χ0n) is 13.5. The number of aromatic nitrogens is 2. The van der Waals surface area contributed by atoms with Crippen LogP contribution in [0.1, 0.15) is 19.3 Å². The lowest BCUT2D eigenvalue weighted by Crippen LogP contribution is -2.56. The third-order valence-corrected chi connectivity index (χ3v) is 4.96. The van der Waals surface area contributed by atoms with Crippen LogP contribution in [0.15, 0.2) is 43.0 Å². The van der Waals surface area contributed by atoms with Crippen molar-refractivity contribution < 1.29 is 14.4 Å². The molecule has 1 aliphatic carbocycles. The highest BCUT2D eigenvalue weighted by molar-refractivity contribution is 6.23. The number of nitrogens with one attached hydrogen (secondary N) is 2. The number of ketones is 1. The first-order valence-corrected chi connectivity index (χ1v) is 8.37. The van der Waals surface area contributed by atoms with Gasteiger partial charge in [-0.2, -0.15) is 0 Å². The standard InChI is InChI=1S/C18H18N4O3/c23-16-13-2-1-3-14(13)21-18(25)15(16)17(24)20-11-4-6-12(7-5-11)22-9-8-19-10-22/h4-10,13-15H,1-3H2,(H,20,24)(H,21,25)/t13-,14+,15?/m1/s1. The molecule has 2 aliphatic rings. The van der Waals surface area contributed by atoms with Gasteiger partial charge < -0.3 is 15.2 Å². The summed E-state index contributed by atoms with van der Waals surface area (Å²) in [5.74, 6) is -2.78. The molecule has 7 heteroatoms. The maximum Gasteiger partial charge on any atom is 0.244 e. The number of amides is 2. The average Bonchev–Trinajstić information content (AvgIpc) is 3.26. The normalized spacial score (nSPS) is 25.4. The lowest BCUT2D eigenvalue weighted by Gasteiger charge is -2.30. The predicted octanol–water partition coefficient (Wildman–Crippen LogP) is 1.29. The zero-order valence-corrected chi connectivity index (χ0v) is 13.5. The highest BCUT2D eigenvalue weighted by Gasteiger charge is 2.48. The maximum absolute atomic E-state index is 12.5. The summed E-state index contributed by atoms with van der Waals surface area (Å²) in [7, 11) is 0. The highest BCUT2D eigenvalue weighted by Crippen LogP contribution is 2.32. The molecule has 1 aromatic heterocycles. The van der Waals surface area contributed by atoms with E-state index in [4.69, 9.17) is 0 Å². The van der Waals surface area contributed by atoms with E-state index in [9.17, 15) is 14.4 Å². The number of imidazole rings is 1. The molecule has 2 N–H and O–H groups in total. The first kappa shape index (κ1) is 15.6. The number of fused-ring (bicyclic) bond motifs is 1. The van der Waals surface area contributed by atoms with Crippen LogP contribution in [0.5, 0.6) is 0 Å². The van der Waals surface area contributed by atoms with E-state index in [1.54, 1.807) is 24.7 Å². The van der Waals surface area contributed by atoms with Crippen molar-refractivity contribution in [1.82, 2.24) is 14.9 Å². The highest BCUT2D eigenvalue weighted by atomic mass is 16.2. The van der Waals surface area contributed by atoms with Crippen molar-refractivity contribution in [2.75, 3.05) is 5.32 Å². The van der Waals surface area contributed by atoms with Crippen LogP contribution in [-0.4, -0.2) is 33.2 Å². The van der Waals surface area contributed by atoms with Gasteiger partial charge in [-0.15, -0.1) is 0 Å². The molecule has 0 spiro atoms. The Kier molecular flexibility index (Phi) is 3.83. The molecule has 1 saturated carbocycles. The fraction of sp³-hybridized carbons (Fsp3) is 0.333. The largest absolute Gasteiger partial charge is 0.352 e. The number of hydrogen-bond donors (Lipinski definition) is 2. The van der Waals surface area contributed by atoms with E-state index in [1.807, 2.05) is 22.9 Å². The van der Waals surface area contributed by atoms with Crippen LogP contribution in [0.25, 0.3) is 5.69 Å². The van der Waals surface area contributed by atoms with Crippen molar-refractivity contribution in [3.05, 3.63) is 43.0 Å². The number of nitrogens with zero attached hydrogens (tertiary/aromatic N) is 2. The molecule has 7 nitrogen and oxygen atoms in total. The van der Waals surface area contributed by atoms with Gasteiger partial charge in [0, 0.05) is 35.7 Å². The van der Waals surface area contributed by atoms with Crippen LogP contribution in [0, 0.1) is 11.8 Å². The molecular weight excluding hydrogens is 320 g/mol. The molecule has 0 bridgehead atoms. The summed E-state index contributed by atoms with van der Waals surface area (Å²) in [5.41, 5.74) is 1.44. The van der Waals surface area contributed by atoms with Crippen LogP contribution in [0.2, 0.25) is 0 Å². The lowest BCUT2D eigenvalue weighted by atomic mass is 9.84. The van der Waals surface area contributed by atoms with Crippen molar-refractivity contribution in [3.8, 4) is 5.69 Å². The molecule has 0 radical (unpaired) electrons. The van der Waals surface area contributed by atoms with Crippen LogP contribution >= 0.6 is 0 Å². The van der Waals surface area contributed by atoms with Crippen molar-refractivity contribution in [1.29, 1.82) is 0 Å². The molecule has 2 fully saturated rings. The molecule has 1 aromatic carbocycles. The van der Waals surface area contributed by atoms with Gasteiger partial charge in [-0.25, -0.2) is 4.98 Å². The predicted molar refractivity (Wildman–Crippen MR) is 90.0 cm³/mol. The lowest BCUT2D eigenvalue weighted by molar-refractivity contribution is -0.145. The third kappa shape index (κ3) is 2.82. The Morgan fingerprint density at radius 1 is 1.20 bits per heavy atom. The fourth-order valence-corrected chi connectivity index (χ4v) is 3.67. The SMILES string of the molecule is O=C(Nc1ccc(-n2ccnc2)cc1)C1C(=O)N[C@H]2CCC[C@H]2C1=O. The molecule has 1 saturated heterocycles. The van der Waals surface area contributed by atoms with Gasteiger partial charge in [0.05, 0.1) is 6.33 Å². The number of Topliss-reactive ketones (excluding diaryl/α,β-unsaturated/α-hetero) is 1. The Morgan fingerprint density at radius 2 is 2.00 bits per heavy atom. The minimum absolute atomic E-state index is 0.0986. The second-order valence-corrected chi connectivity index (χ2v) is 6.49. The van der Waals surface area contributed by atoms with Gasteiger partial charge >= 0.3 is 0 Å². The van der Waals surface area contributed by atoms with Gasteiger partial charge in [-0.1, -0.05) is 6.42 Å². The monoisotopic (exact) mass is 338 g/mol. The summed E-state index contributed by atoms with van der Waals surface area (Å²) in [6.07, 6.45) is 7.64. The zero-order chi connectivity index (χ0) is 17.4. The molecule has 3 atom stereocenters. The maximum atomic E-state index is 12.5.